The van der Waals surface area contributed by atoms with Crippen molar-refractivity contribution in [3.05, 3.63) is 53.3 Å². The summed E-state index contributed by atoms with van der Waals surface area (Å²) in [5, 5.41) is 18.2. The number of carbonyl (C=O) groups is 1. The van der Waals surface area contributed by atoms with Crippen LogP contribution in [0.5, 0.6) is 5.75 Å². The third-order valence-electron chi connectivity index (χ3n) is 4.56. The number of amides is 1. The maximum absolute atomic E-state index is 15.0. The molecule has 1 aliphatic heterocycles. The number of anilines is 2. The monoisotopic (exact) mass is 394 g/mol. The van der Waals surface area contributed by atoms with Gasteiger partial charge in [0, 0.05) is 5.69 Å². The average Bonchev–Trinajstić information content (AvgIpc) is 2.86. The van der Waals surface area contributed by atoms with Gasteiger partial charge < -0.3 is 9.64 Å². The van der Waals surface area contributed by atoms with Crippen LogP contribution < -0.4 is 14.5 Å². The van der Waals surface area contributed by atoms with Crippen molar-refractivity contribution in [3.63, 3.8) is 0 Å². The zero-order valence-electron chi connectivity index (χ0n) is 15.4. The number of rotatable bonds is 3. The van der Waals surface area contributed by atoms with E-state index in [2.05, 4.69) is 0 Å². The van der Waals surface area contributed by atoms with Gasteiger partial charge in [-0.2, -0.15) is 10.5 Å². The van der Waals surface area contributed by atoms with Gasteiger partial charge in [0.1, 0.15) is 11.6 Å². The topological polar surface area (TPSA) is 80.4 Å². The summed E-state index contributed by atoms with van der Waals surface area (Å²) in [5.41, 5.74) is -0.0816. The van der Waals surface area contributed by atoms with Gasteiger partial charge in [0.2, 0.25) is 0 Å². The van der Waals surface area contributed by atoms with Gasteiger partial charge in [0.25, 0.3) is 5.91 Å². The molecular formula is C20H15FN4O2S. The zero-order valence-corrected chi connectivity index (χ0v) is 16.2. The third kappa shape index (κ3) is 2.75. The highest BCUT2D eigenvalue weighted by Crippen LogP contribution is 2.39. The van der Waals surface area contributed by atoms with Crippen LogP contribution in [0.25, 0.3) is 0 Å². The number of carbonyl (C=O) groups excluding carboxylic acids is 1. The van der Waals surface area contributed by atoms with Gasteiger partial charge in [-0.05, 0) is 62.5 Å². The Morgan fingerprint density at radius 3 is 2.29 bits per heavy atom. The molecule has 1 saturated heterocycles. The lowest BCUT2D eigenvalue weighted by atomic mass is 10.0. The minimum absolute atomic E-state index is 0.0181. The Hall–Kier alpha value is -3.49. The molecule has 2 aromatic rings. The highest BCUT2D eigenvalue weighted by atomic mass is 32.1. The van der Waals surface area contributed by atoms with Gasteiger partial charge in [0.05, 0.1) is 30.0 Å². The summed E-state index contributed by atoms with van der Waals surface area (Å²) in [6.07, 6.45) is 0. The molecule has 28 heavy (non-hydrogen) atoms. The van der Waals surface area contributed by atoms with Gasteiger partial charge in [0.15, 0.2) is 16.7 Å². The first kappa shape index (κ1) is 19.3. The van der Waals surface area contributed by atoms with Crippen molar-refractivity contribution in [3.8, 4) is 17.9 Å². The van der Waals surface area contributed by atoms with E-state index in [4.69, 9.17) is 27.5 Å². The molecule has 0 bridgehead atoms. The number of methoxy groups -OCH3 is 1. The molecule has 0 aromatic heterocycles. The smallest absolute Gasteiger partial charge is 0.259 e. The van der Waals surface area contributed by atoms with E-state index < -0.39 is 17.3 Å². The Labute approximate surface area is 167 Å². The molecule has 0 saturated carbocycles. The van der Waals surface area contributed by atoms with Crippen molar-refractivity contribution in [2.24, 2.45) is 0 Å². The van der Waals surface area contributed by atoms with E-state index in [1.54, 1.807) is 43.0 Å². The lowest BCUT2D eigenvalue weighted by Gasteiger charge is -2.29. The normalized spacial score (nSPS) is 15.4. The molecule has 0 unspecified atom stereocenters. The van der Waals surface area contributed by atoms with Crippen molar-refractivity contribution in [2.75, 3.05) is 16.9 Å². The summed E-state index contributed by atoms with van der Waals surface area (Å²) in [4.78, 5) is 15.8. The number of benzene rings is 2. The first-order valence-corrected chi connectivity index (χ1v) is 8.64. The number of hydrogen-bond donors (Lipinski definition) is 0. The van der Waals surface area contributed by atoms with Crippen molar-refractivity contribution in [1.82, 2.24) is 0 Å². The molecule has 1 fully saturated rings. The van der Waals surface area contributed by atoms with E-state index in [0.717, 1.165) is 4.90 Å². The van der Waals surface area contributed by atoms with Crippen molar-refractivity contribution >= 4 is 34.6 Å². The number of ether oxygens (including phenoxy) is 1. The molecule has 0 radical (unpaired) electrons. The van der Waals surface area contributed by atoms with Gasteiger partial charge in [-0.1, -0.05) is 0 Å². The van der Waals surface area contributed by atoms with Crippen LogP contribution in [0.2, 0.25) is 0 Å². The van der Waals surface area contributed by atoms with Crippen LogP contribution in [-0.2, 0) is 4.79 Å². The predicted molar refractivity (Wildman–Crippen MR) is 105 cm³/mol. The SMILES string of the molecule is COc1c(C#N)ccc(N2C(=O)C(C)(C)N(c3ccc(C#N)cc3)C2=S)c1F. The second kappa shape index (κ2) is 6.91. The number of hydrogen-bond acceptors (Lipinski definition) is 5. The largest absolute Gasteiger partial charge is 0.492 e. The number of nitriles is 2. The fraction of sp³-hybridized carbons (Fsp3) is 0.200. The standard InChI is InChI=1S/C20H15FN4O2S/c1-20(2)18(26)24(15-9-6-13(11-23)17(27-3)16(15)21)19(28)25(20)14-7-4-12(10-22)5-8-14/h4-9H,1-3H3. The molecule has 1 aliphatic rings. The molecule has 2 aromatic carbocycles. The Kier molecular flexibility index (Phi) is 4.76. The number of thiocarbonyl (C=S) groups is 1. The molecular weight excluding hydrogens is 379 g/mol. The summed E-state index contributed by atoms with van der Waals surface area (Å²) in [6.45, 7) is 3.36. The van der Waals surface area contributed by atoms with E-state index in [0.29, 0.717) is 11.3 Å². The first-order chi connectivity index (χ1) is 13.3. The Morgan fingerprint density at radius 1 is 1.11 bits per heavy atom. The molecule has 1 amide bonds. The first-order valence-electron chi connectivity index (χ1n) is 8.23. The molecule has 1 heterocycles. The van der Waals surface area contributed by atoms with Gasteiger partial charge in [-0.15, -0.1) is 0 Å². The van der Waals surface area contributed by atoms with Gasteiger partial charge in [-0.25, -0.2) is 4.39 Å². The Balaban J connectivity index is 2.12. The maximum atomic E-state index is 15.0. The summed E-state index contributed by atoms with van der Waals surface area (Å²) >= 11 is 5.51. The minimum Gasteiger partial charge on any atom is -0.492 e. The van der Waals surface area contributed by atoms with E-state index >= 15 is 4.39 Å². The second-order valence-corrected chi connectivity index (χ2v) is 6.93. The zero-order chi connectivity index (χ0) is 20.6. The van der Waals surface area contributed by atoms with Crippen LogP contribution in [0.1, 0.15) is 25.0 Å². The van der Waals surface area contributed by atoms with Gasteiger partial charge >= 0.3 is 0 Å². The van der Waals surface area contributed by atoms with Gasteiger partial charge in [-0.3, -0.25) is 9.69 Å². The molecule has 6 nitrogen and oxygen atoms in total. The summed E-state index contributed by atoms with van der Waals surface area (Å²) in [6, 6.07) is 13.2. The van der Waals surface area contributed by atoms with Crippen LogP contribution in [0.4, 0.5) is 15.8 Å². The highest BCUT2D eigenvalue weighted by Gasteiger charge is 2.51. The average molecular weight is 394 g/mol. The van der Waals surface area contributed by atoms with E-state index in [1.165, 1.54) is 19.2 Å². The minimum atomic E-state index is -1.08. The van der Waals surface area contributed by atoms with Crippen LogP contribution in [0.3, 0.4) is 0 Å². The Morgan fingerprint density at radius 2 is 1.75 bits per heavy atom. The number of halogens is 1. The fourth-order valence-electron chi connectivity index (χ4n) is 3.13. The number of nitrogens with zero attached hydrogens (tertiary/aromatic N) is 4. The molecule has 140 valence electrons. The molecule has 0 N–H and O–H groups in total. The van der Waals surface area contributed by atoms with Crippen molar-refractivity contribution in [2.45, 2.75) is 19.4 Å². The van der Waals surface area contributed by atoms with Crippen LogP contribution in [0, 0.1) is 28.5 Å². The van der Waals surface area contributed by atoms with Crippen LogP contribution >= 0.6 is 12.2 Å². The highest BCUT2D eigenvalue weighted by molar-refractivity contribution is 7.81. The second-order valence-electron chi connectivity index (χ2n) is 6.57. The molecule has 8 heteroatoms. The van der Waals surface area contributed by atoms with E-state index in [1.807, 2.05) is 12.1 Å². The molecule has 0 spiro atoms. The third-order valence-corrected chi connectivity index (χ3v) is 4.93. The van der Waals surface area contributed by atoms with Crippen LogP contribution in [-0.4, -0.2) is 23.7 Å². The van der Waals surface area contributed by atoms with E-state index in [9.17, 15) is 4.79 Å². The summed E-state index contributed by atoms with van der Waals surface area (Å²) in [7, 11) is 1.25. The summed E-state index contributed by atoms with van der Waals surface area (Å²) < 4.78 is 20.0. The van der Waals surface area contributed by atoms with Crippen molar-refractivity contribution < 1.29 is 13.9 Å². The van der Waals surface area contributed by atoms with E-state index in [-0.39, 0.29) is 22.1 Å². The predicted octanol–water partition coefficient (Wildman–Crippen LogP) is 3.49. The molecule has 0 atom stereocenters. The quantitative estimate of drug-likeness (QED) is 0.742. The fourth-order valence-corrected chi connectivity index (χ4v) is 3.65. The lowest BCUT2D eigenvalue weighted by molar-refractivity contribution is -0.120. The maximum Gasteiger partial charge on any atom is 0.259 e. The summed E-state index contributed by atoms with van der Waals surface area (Å²) in [5.74, 6) is -1.51. The van der Waals surface area contributed by atoms with Crippen molar-refractivity contribution in [1.29, 1.82) is 10.5 Å². The van der Waals surface area contributed by atoms with Crippen LogP contribution in [0.15, 0.2) is 36.4 Å². The molecule has 0 aliphatic carbocycles. The molecule has 3 rings (SSSR count). The lowest BCUT2D eigenvalue weighted by Crippen LogP contribution is -2.44. The Bertz CT molecular complexity index is 1070.